The number of hydrogen-bond acceptors (Lipinski definition) is 2. The lowest BCUT2D eigenvalue weighted by molar-refractivity contribution is 1.21. The highest BCUT2D eigenvalue weighted by molar-refractivity contribution is 6.09. The van der Waals surface area contributed by atoms with E-state index in [4.69, 9.17) is 4.99 Å². The van der Waals surface area contributed by atoms with Crippen LogP contribution in [0.4, 0.5) is 22.7 Å². The van der Waals surface area contributed by atoms with Crippen LogP contribution in [0.15, 0.2) is 211 Å². The second-order valence-corrected chi connectivity index (χ2v) is 15.1. The average molecular weight is 727 g/mol. The number of hydrogen-bond donors (Lipinski definition) is 0. The standard InChI is InChI=1S/C55H38N2/c1-3-11-37(12-4-1)39-19-21-40(22-20-39)42-25-30-48(31-26-42)57(47-28-23-41(24-29-47)38-13-5-2-6-14-38)55-50-17-9-7-15-43(50)34-51-49-32-27-45(33-46(49)35-52(51)55)54-36-44-16-8-10-18-53(44)56-54/h1-34H,35-36H2. The molecule has 57 heavy (non-hydrogen) atoms. The summed E-state index contributed by atoms with van der Waals surface area (Å²) >= 11 is 0. The molecule has 0 saturated carbocycles. The highest BCUT2D eigenvalue weighted by atomic mass is 15.1. The maximum Gasteiger partial charge on any atom is 0.0669 e. The van der Waals surface area contributed by atoms with Gasteiger partial charge in [0.05, 0.1) is 17.1 Å². The lowest BCUT2D eigenvalue weighted by Gasteiger charge is -2.30. The fourth-order valence-electron chi connectivity index (χ4n) is 8.85. The molecule has 11 rings (SSSR count). The zero-order valence-corrected chi connectivity index (χ0v) is 31.4. The van der Waals surface area contributed by atoms with Crippen molar-refractivity contribution in [3.63, 3.8) is 0 Å². The van der Waals surface area contributed by atoms with Crippen LogP contribution in [0.5, 0.6) is 0 Å². The molecular formula is C55H38N2. The van der Waals surface area contributed by atoms with Gasteiger partial charge in [-0.2, -0.15) is 0 Å². The van der Waals surface area contributed by atoms with Gasteiger partial charge in [-0.3, -0.25) is 4.99 Å². The Labute approximate surface area is 333 Å². The van der Waals surface area contributed by atoms with Crippen molar-refractivity contribution in [1.82, 2.24) is 0 Å². The summed E-state index contributed by atoms with van der Waals surface area (Å²) < 4.78 is 0. The monoisotopic (exact) mass is 726 g/mol. The molecule has 1 aliphatic carbocycles. The van der Waals surface area contributed by atoms with Crippen molar-refractivity contribution < 1.29 is 0 Å². The molecule has 0 unspecified atom stereocenters. The van der Waals surface area contributed by atoms with Gasteiger partial charge < -0.3 is 4.90 Å². The molecule has 268 valence electrons. The third-order valence-electron chi connectivity index (χ3n) is 11.7. The summed E-state index contributed by atoms with van der Waals surface area (Å²) in [4.78, 5) is 7.54. The number of fused-ring (bicyclic) bond motifs is 5. The second kappa shape index (κ2) is 13.8. The first-order valence-electron chi connectivity index (χ1n) is 19.8. The van der Waals surface area contributed by atoms with E-state index in [1.807, 2.05) is 0 Å². The second-order valence-electron chi connectivity index (χ2n) is 15.1. The van der Waals surface area contributed by atoms with Gasteiger partial charge in [0.25, 0.3) is 0 Å². The maximum atomic E-state index is 5.05. The van der Waals surface area contributed by atoms with Gasteiger partial charge >= 0.3 is 0 Å². The van der Waals surface area contributed by atoms with Crippen LogP contribution in [0.1, 0.15) is 22.3 Å². The SMILES string of the molecule is c1ccc(-c2ccc(-c3ccc(N(c4ccc(-c5ccccc5)cc4)c4c5c(cc6ccccc46)-c4ccc(C6=Nc7ccccc7C6)cc4C5)cc3)cc2)cc1. The summed E-state index contributed by atoms with van der Waals surface area (Å²) in [6, 6.07) is 75.1. The Morgan fingerprint density at radius 2 is 0.877 bits per heavy atom. The minimum Gasteiger partial charge on any atom is -0.310 e. The van der Waals surface area contributed by atoms with E-state index in [0.717, 1.165) is 35.6 Å². The molecule has 0 spiro atoms. The summed E-state index contributed by atoms with van der Waals surface area (Å²) in [7, 11) is 0. The minimum atomic E-state index is 0.851. The summed E-state index contributed by atoms with van der Waals surface area (Å²) in [5.74, 6) is 0. The zero-order chi connectivity index (χ0) is 37.7. The van der Waals surface area contributed by atoms with Crippen LogP contribution in [-0.4, -0.2) is 5.71 Å². The van der Waals surface area contributed by atoms with Crippen molar-refractivity contribution in [3.05, 3.63) is 229 Å². The van der Waals surface area contributed by atoms with Crippen molar-refractivity contribution in [2.45, 2.75) is 12.8 Å². The van der Waals surface area contributed by atoms with Gasteiger partial charge in [0.1, 0.15) is 0 Å². The Hall–Kier alpha value is -7.29. The lowest BCUT2D eigenvalue weighted by atomic mass is 9.95. The van der Waals surface area contributed by atoms with Crippen molar-refractivity contribution in [3.8, 4) is 44.5 Å². The number of nitrogens with zero attached hydrogens (tertiary/aromatic N) is 2. The summed E-state index contributed by atoms with van der Waals surface area (Å²) in [6.45, 7) is 0. The molecule has 1 heterocycles. The van der Waals surface area contributed by atoms with Gasteiger partial charge in [-0.25, -0.2) is 0 Å². The van der Waals surface area contributed by atoms with Crippen molar-refractivity contribution in [1.29, 1.82) is 0 Å². The fraction of sp³-hybridized carbons (Fsp3) is 0.0364. The number of para-hydroxylation sites is 1. The Bertz CT molecular complexity index is 2960. The largest absolute Gasteiger partial charge is 0.310 e. The van der Waals surface area contributed by atoms with Gasteiger partial charge in [0.15, 0.2) is 0 Å². The number of aliphatic imine (C=N–C) groups is 1. The Morgan fingerprint density at radius 3 is 1.49 bits per heavy atom. The van der Waals surface area contributed by atoms with Crippen LogP contribution in [0.2, 0.25) is 0 Å². The molecule has 0 amide bonds. The minimum absolute atomic E-state index is 0.851. The third-order valence-corrected chi connectivity index (χ3v) is 11.7. The smallest absolute Gasteiger partial charge is 0.0669 e. The van der Waals surface area contributed by atoms with Gasteiger partial charge in [-0.1, -0.05) is 164 Å². The van der Waals surface area contributed by atoms with Gasteiger partial charge in [0.2, 0.25) is 0 Å². The fourth-order valence-corrected chi connectivity index (χ4v) is 8.85. The molecule has 2 aliphatic rings. The highest BCUT2D eigenvalue weighted by Gasteiger charge is 2.29. The van der Waals surface area contributed by atoms with Gasteiger partial charge in [0, 0.05) is 29.6 Å². The van der Waals surface area contributed by atoms with Gasteiger partial charge in [-0.15, -0.1) is 0 Å². The predicted octanol–water partition coefficient (Wildman–Crippen LogP) is 14.6. The van der Waals surface area contributed by atoms with E-state index in [9.17, 15) is 0 Å². The summed E-state index contributed by atoms with van der Waals surface area (Å²) in [5, 5.41) is 2.48. The molecule has 9 aromatic carbocycles. The van der Waals surface area contributed by atoms with E-state index in [1.54, 1.807) is 0 Å². The molecule has 0 saturated heterocycles. The first kappa shape index (κ1) is 33.1. The van der Waals surface area contributed by atoms with Crippen LogP contribution in [-0.2, 0) is 12.8 Å². The van der Waals surface area contributed by atoms with E-state index < -0.39 is 0 Å². The molecule has 0 fully saturated rings. The maximum absolute atomic E-state index is 5.05. The van der Waals surface area contributed by atoms with E-state index in [2.05, 4.69) is 211 Å². The molecule has 9 aromatic rings. The first-order valence-corrected chi connectivity index (χ1v) is 19.8. The number of benzene rings is 9. The summed E-state index contributed by atoms with van der Waals surface area (Å²) in [6.07, 6.45) is 1.72. The van der Waals surface area contributed by atoms with E-state index in [0.29, 0.717) is 0 Å². The zero-order valence-electron chi connectivity index (χ0n) is 31.4. The molecule has 1 aliphatic heterocycles. The van der Waals surface area contributed by atoms with Crippen LogP contribution in [0.3, 0.4) is 0 Å². The molecule has 0 radical (unpaired) electrons. The van der Waals surface area contributed by atoms with Crippen LogP contribution in [0.25, 0.3) is 55.3 Å². The number of anilines is 3. The van der Waals surface area contributed by atoms with Crippen LogP contribution >= 0.6 is 0 Å². The van der Waals surface area contributed by atoms with Crippen LogP contribution in [0, 0.1) is 0 Å². The Morgan fingerprint density at radius 1 is 0.368 bits per heavy atom. The lowest BCUT2D eigenvalue weighted by Crippen LogP contribution is -2.13. The quantitative estimate of drug-likeness (QED) is 0.160. The molecule has 0 atom stereocenters. The average Bonchev–Trinajstić information content (AvgIpc) is 3.89. The topological polar surface area (TPSA) is 15.6 Å². The Balaban J connectivity index is 1.03. The van der Waals surface area contributed by atoms with Crippen molar-refractivity contribution in [2.24, 2.45) is 4.99 Å². The number of rotatable bonds is 7. The normalized spacial score (nSPS) is 12.5. The van der Waals surface area contributed by atoms with Crippen molar-refractivity contribution >= 4 is 39.2 Å². The highest BCUT2D eigenvalue weighted by Crippen LogP contribution is 2.50. The molecular weight excluding hydrogens is 689 g/mol. The van der Waals surface area contributed by atoms with Crippen LogP contribution < -0.4 is 4.90 Å². The third kappa shape index (κ3) is 5.94. The first-order chi connectivity index (χ1) is 28.2. The Kier molecular flexibility index (Phi) is 8.00. The van der Waals surface area contributed by atoms with E-state index in [-0.39, 0.29) is 0 Å². The van der Waals surface area contributed by atoms with Crippen molar-refractivity contribution in [2.75, 3.05) is 4.90 Å². The van der Waals surface area contributed by atoms with E-state index >= 15 is 0 Å². The molecule has 0 aromatic heterocycles. The van der Waals surface area contributed by atoms with E-state index in [1.165, 1.54) is 83.2 Å². The molecule has 0 bridgehead atoms. The predicted molar refractivity (Wildman–Crippen MR) is 240 cm³/mol. The summed E-state index contributed by atoms with van der Waals surface area (Å²) in [5.41, 5.74) is 20.8. The molecule has 2 nitrogen and oxygen atoms in total. The van der Waals surface area contributed by atoms with Gasteiger partial charge in [-0.05, 0) is 115 Å². The molecule has 0 N–H and O–H groups in total. The molecule has 2 heteroatoms.